The second-order valence-corrected chi connectivity index (χ2v) is 5.79. The SMILES string of the molecule is CCc1noc(CC)c1CC(=O)Nc1cccc(-c2n[nH]c(C)n2)c1. The van der Waals surface area contributed by atoms with Crippen LogP contribution in [0.5, 0.6) is 0 Å². The van der Waals surface area contributed by atoms with Crippen LogP contribution in [0.15, 0.2) is 28.8 Å². The van der Waals surface area contributed by atoms with Gasteiger partial charge < -0.3 is 9.84 Å². The Kier molecular flexibility index (Phi) is 4.92. The number of anilines is 1. The van der Waals surface area contributed by atoms with E-state index in [-0.39, 0.29) is 12.3 Å². The van der Waals surface area contributed by atoms with E-state index in [1.807, 2.05) is 45.0 Å². The molecule has 7 nitrogen and oxygen atoms in total. The van der Waals surface area contributed by atoms with Crippen molar-refractivity contribution in [2.24, 2.45) is 0 Å². The number of hydrogen-bond acceptors (Lipinski definition) is 5. The number of amides is 1. The van der Waals surface area contributed by atoms with Crippen molar-refractivity contribution in [1.29, 1.82) is 0 Å². The fraction of sp³-hybridized carbons (Fsp3) is 0.333. The lowest BCUT2D eigenvalue weighted by molar-refractivity contribution is -0.115. The molecule has 0 saturated carbocycles. The highest BCUT2D eigenvalue weighted by Gasteiger charge is 2.17. The molecule has 130 valence electrons. The van der Waals surface area contributed by atoms with Crippen LogP contribution in [0.1, 0.15) is 36.7 Å². The molecule has 0 unspecified atom stereocenters. The Bertz CT molecular complexity index is 860. The third kappa shape index (κ3) is 3.76. The Morgan fingerprint density at radius 1 is 1.28 bits per heavy atom. The summed E-state index contributed by atoms with van der Waals surface area (Å²) in [7, 11) is 0. The molecule has 0 saturated heterocycles. The molecule has 0 aliphatic carbocycles. The van der Waals surface area contributed by atoms with Crippen LogP contribution in [0.3, 0.4) is 0 Å². The molecule has 0 aliphatic rings. The lowest BCUT2D eigenvalue weighted by Gasteiger charge is -2.07. The van der Waals surface area contributed by atoms with Crippen molar-refractivity contribution in [2.75, 3.05) is 5.32 Å². The van der Waals surface area contributed by atoms with E-state index >= 15 is 0 Å². The largest absolute Gasteiger partial charge is 0.361 e. The fourth-order valence-corrected chi connectivity index (χ4v) is 2.71. The maximum absolute atomic E-state index is 12.5. The van der Waals surface area contributed by atoms with Gasteiger partial charge in [-0.1, -0.05) is 31.1 Å². The minimum Gasteiger partial charge on any atom is -0.361 e. The lowest BCUT2D eigenvalue weighted by atomic mass is 10.1. The number of hydrogen-bond donors (Lipinski definition) is 2. The van der Waals surface area contributed by atoms with Gasteiger partial charge in [-0.05, 0) is 25.5 Å². The first-order valence-corrected chi connectivity index (χ1v) is 8.36. The summed E-state index contributed by atoms with van der Waals surface area (Å²) in [5.74, 6) is 2.03. The molecule has 2 N–H and O–H groups in total. The number of aromatic amines is 1. The van der Waals surface area contributed by atoms with Crippen molar-refractivity contribution in [3.8, 4) is 11.4 Å². The molecule has 3 rings (SSSR count). The molecule has 2 heterocycles. The Morgan fingerprint density at radius 2 is 2.12 bits per heavy atom. The first kappa shape index (κ1) is 16.9. The summed E-state index contributed by atoms with van der Waals surface area (Å²) in [5.41, 5.74) is 3.29. The molecule has 0 spiro atoms. The van der Waals surface area contributed by atoms with Gasteiger partial charge >= 0.3 is 0 Å². The maximum atomic E-state index is 12.5. The molecule has 1 amide bonds. The summed E-state index contributed by atoms with van der Waals surface area (Å²) < 4.78 is 5.32. The first-order valence-electron chi connectivity index (χ1n) is 8.36. The Morgan fingerprint density at radius 3 is 2.80 bits per heavy atom. The van der Waals surface area contributed by atoms with Crippen LogP contribution in [0, 0.1) is 6.92 Å². The number of carbonyl (C=O) groups is 1. The second kappa shape index (κ2) is 7.29. The van der Waals surface area contributed by atoms with Gasteiger partial charge in [-0.2, -0.15) is 5.10 Å². The number of aryl methyl sites for hydroxylation is 3. The molecule has 0 radical (unpaired) electrons. The monoisotopic (exact) mass is 339 g/mol. The fourth-order valence-electron chi connectivity index (χ4n) is 2.71. The quantitative estimate of drug-likeness (QED) is 0.719. The van der Waals surface area contributed by atoms with Gasteiger partial charge in [-0.25, -0.2) is 4.98 Å². The molecular weight excluding hydrogens is 318 g/mol. The summed E-state index contributed by atoms with van der Waals surface area (Å²) in [6.45, 7) is 5.84. The van der Waals surface area contributed by atoms with Crippen molar-refractivity contribution >= 4 is 11.6 Å². The Labute approximate surface area is 145 Å². The number of nitrogens with zero attached hydrogens (tertiary/aromatic N) is 3. The highest BCUT2D eigenvalue weighted by molar-refractivity contribution is 5.93. The van der Waals surface area contributed by atoms with Crippen LogP contribution in [0.25, 0.3) is 11.4 Å². The first-order chi connectivity index (χ1) is 12.1. The smallest absolute Gasteiger partial charge is 0.229 e. The standard InChI is InChI=1S/C18H21N5O2/c1-4-15-14(16(5-2)25-23-15)10-17(24)20-13-8-6-7-12(9-13)18-19-11(3)21-22-18/h6-9H,4-5,10H2,1-3H3,(H,20,24)(H,19,21,22). The third-order valence-corrected chi connectivity index (χ3v) is 3.95. The number of aromatic nitrogens is 4. The zero-order chi connectivity index (χ0) is 17.8. The minimum absolute atomic E-state index is 0.101. The Hall–Kier alpha value is -2.96. The van der Waals surface area contributed by atoms with Gasteiger partial charge in [0.2, 0.25) is 5.91 Å². The summed E-state index contributed by atoms with van der Waals surface area (Å²) in [5, 5.41) is 13.9. The topological polar surface area (TPSA) is 96.7 Å². The molecule has 0 aliphatic heterocycles. The summed E-state index contributed by atoms with van der Waals surface area (Å²) in [4.78, 5) is 16.8. The zero-order valence-electron chi connectivity index (χ0n) is 14.6. The van der Waals surface area contributed by atoms with Crippen LogP contribution < -0.4 is 5.32 Å². The van der Waals surface area contributed by atoms with E-state index in [0.717, 1.165) is 41.2 Å². The number of benzene rings is 1. The van der Waals surface area contributed by atoms with Crippen molar-refractivity contribution in [3.63, 3.8) is 0 Å². The number of rotatable bonds is 6. The second-order valence-electron chi connectivity index (χ2n) is 5.79. The van der Waals surface area contributed by atoms with Crippen molar-refractivity contribution in [2.45, 2.75) is 40.0 Å². The van der Waals surface area contributed by atoms with Gasteiger partial charge in [-0.15, -0.1) is 0 Å². The van der Waals surface area contributed by atoms with Crippen LogP contribution in [0.2, 0.25) is 0 Å². The number of H-pyrrole nitrogens is 1. The van der Waals surface area contributed by atoms with Crippen LogP contribution in [-0.2, 0) is 24.1 Å². The maximum Gasteiger partial charge on any atom is 0.229 e. The van der Waals surface area contributed by atoms with E-state index in [4.69, 9.17) is 4.52 Å². The van der Waals surface area contributed by atoms with Crippen molar-refractivity contribution < 1.29 is 9.32 Å². The Balaban J connectivity index is 1.74. The summed E-state index contributed by atoms with van der Waals surface area (Å²) in [6.07, 6.45) is 1.71. The van der Waals surface area contributed by atoms with E-state index in [2.05, 4.69) is 25.7 Å². The van der Waals surface area contributed by atoms with Gasteiger partial charge in [0.25, 0.3) is 0 Å². The van der Waals surface area contributed by atoms with Crippen molar-refractivity contribution in [1.82, 2.24) is 20.3 Å². The molecule has 0 bridgehead atoms. The van der Waals surface area contributed by atoms with E-state index in [9.17, 15) is 4.79 Å². The highest BCUT2D eigenvalue weighted by Crippen LogP contribution is 2.21. The van der Waals surface area contributed by atoms with Crippen LogP contribution in [-0.4, -0.2) is 26.2 Å². The lowest BCUT2D eigenvalue weighted by Crippen LogP contribution is -2.15. The van der Waals surface area contributed by atoms with Gasteiger partial charge in [-0.3, -0.25) is 9.89 Å². The predicted molar refractivity (Wildman–Crippen MR) is 94.1 cm³/mol. The van der Waals surface area contributed by atoms with Gasteiger partial charge in [0.15, 0.2) is 5.82 Å². The van der Waals surface area contributed by atoms with E-state index in [1.165, 1.54) is 0 Å². The molecule has 0 fully saturated rings. The predicted octanol–water partition coefficient (Wildman–Crippen LogP) is 3.07. The molecule has 1 aromatic carbocycles. The number of nitrogens with one attached hydrogen (secondary N) is 2. The average molecular weight is 339 g/mol. The van der Waals surface area contributed by atoms with Gasteiger partial charge in [0, 0.05) is 23.2 Å². The molecular formula is C18H21N5O2. The van der Waals surface area contributed by atoms with E-state index in [1.54, 1.807) is 0 Å². The van der Waals surface area contributed by atoms with Crippen LogP contribution in [0.4, 0.5) is 5.69 Å². The summed E-state index contributed by atoms with van der Waals surface area (Å²) in [6, 6.07) is 7.47. The molecule has 25 heavy (non-hydrogen) atoms. The molecule has 7 heteroatoms. The highest BCUT2D eigenvalue weighted by atomic mass is 16.5. The normalized spacial score (nSPS) is 10.8. The number of carbonyl (C=O) groups excluding carboxylic acids is 1. The summed E-state index contributed by atoms with van der Waals surface area (Å²) >= 11 is 0. The molecule has 3 aromatic rings. The van der Waals surface area contributed by atoms with E-state index in [0.29, 0.717) is 11.5 Å². The average Bonchev–Trinajstić information content (AvgIpc) is 3.21. The minimum atomic E-state index is -0.101. The molecule has 0 atom stereocenters. The zero-order valence-corrected chi connectivity index (χ0v) is 14.6. The molecule has 2 aromatic heterocycles. The van der Waals surface area contributed by atoms with Crippen molar-refractivity contribution in [3.05, 3.63) is 47.1 Å². The third-order valence-electron chi connectivity index (χ3n) is 3.95. The van der Waals surface area contributed by atoms with Gasteiger partial charge in [0.05, 0.1) is 12.1 Å². The van der Waals surface area contributed by atoms with Gasteiger partial charge in [0.1, 0.15) is 11.6 Å². The van der Waals surface area contributed by atoms with Crippen LogP contribution >= 0.6 is 0 Å². The van der Waals surface area contributed by atoms with E-state index < -0.39 is 0 Å².